The van der Waals surface area contributed by atoms with Crippen LogP contribution in [0.5, 0.6) is 0 Å². The van der Waals surface area contributed by atoms with Gasteiger partial charge in [-0.15, -0.1) is 11.3 Å². The molecule has 0 fully saturated rings. The van der Waals surface area contributed by atoms with E-state index in [2.05, 4.69) is 15.0 Å². The fourth-order valence-corrected chi connectivity index (χ4v) is 4.45. The number of amides is 1. The van der Waals surface area contributed by atoms with Crippen molar-refractivity contribution in [1.29, 1.82) is 0 Å². The fourth-order valence-electron chi connectivity index (χ4n) is 2.43. The van der Waals surface area contributed by atoms with Crippen LogP contribution in [0.15, 0.2) is 59.6 Å². The minimum atomic E-state index is -3.80. The number of anilines is 1. The van der Waals surface area contributed by atoms with E-state index < -0.39 is 15.8 Å². The van der Waals surface area contributed by atoms with Crippen LogP contribution >= 0.6 is 22.9 Å². The predicted octanol–water partition coefficient (Wildman–Crippen LogP) is 3.83. The summed E-state index contributed by atoms with van der Waals surface area (Å²) in [6.45, 7) is -0.0887. The van der Waals surface area contributed by atoms with Gasteiger partial charge in [-0.1, -0.05) is 23.7 Å². The third kappa shape index (κ3) is 6.33. The second kappa shape index (κ2) is 9.45. The molecule has 0 saturated carbocycles. The van der Waals surface area contributed by atoms with Crippen molar-refractivity contribution in [3.63, 3.8) is 0 Å². The Hall–Kier alpha value is -2.33. The number of hydrogen-bond donors (Lipinski definition) is 2. The number of sulfonamides is 1. The Labute approximate surface area is 176 Å². The molecule has 152 valence electrons. The van der Waals surface area contributed by atoms with Crippen molar-refractivity contribution >= 4 is 44.0 Å². The van der Waals surface area contributed by atoms with Gasteiger partial charge < -0.3 is 5.32 Å². The summed E-state index contributed by atoms with van der Waals surface area (Å²) in [7, 11) is -3.80. The summed E-state index contributed by atoms with van der Waals surface area (Å²) < 4.78 is 39.4. The number of benzene rings is 2. The lowest BCUT2D eigenvalue weighted by atomic mass is 10.1. The Morgan fingerprint density at radius 1 is 1.10 bits per heavy atom. The lowest BCUT2D eigenvalue weighted by Crippen LogP contribution is -2.27. The molecular weight excluding hydrogens is 437 g/mol. The van der Waals surface area contributed by atoms with Gasteiger partial charge in [0.25, 0.3) is 0 Å². The first-order chi connectivity index (χ1) is 13.8. The molecule has 0 spiro atoms. The number of aromatic nitrogens is 1. The van der Waals surface area contributed by atoms with Gasteiger partial charge in [-0.25, -0.2) is 22.5 Å². The maximum absolute atomic E-state index is 12.9. The quantitative estimate of drug-likeness (QED) is 0.542. The zero-order valence-electron chi connectivity index (χ0n) is 15.1. The molecule has 1 heterocycles. The molecule has 0 aliphatic carbocycles. The predicted molar refractivity (Wildman–Crippen MR) is 111 cm³/mol. The number of halogens is 2. The van der Waals surface area contributed by atoms with E-state index in [9.17, 15) is 17.6 Å². The first-order valence-corrected chi connectivity index (χ1v) is 11.2. The molecule has 10 heteroatoms. The molecule has 0 bridgehead atoms. The Bertz CT molecular complexity index is 1080. The van der Waals surface area contributed by atoms with Crippen LogP contribution in [0.25, 0.3) is 0 Å². The van der Waals surface area contributed by atoms with E-state index >= 15 is 0 Å². The minimum absolute atomic E-state index is 0.0630. The van der Waals surface area contributed by atoms with E-state index in [1.807, 2.05) is 24.3 Å². The SMILES string of the molecule is O=C(CCNS(=O)(=O)c1ccc(F)cc1)Nc1ncc(Cc2ccc(Cl)cc2)s1. The molecule has 6 nitrogen and oxygen atoms in total. The Morgan fingerprint density at radius 3 is 2.48 bits per heavy atom. The van der Waals surface area contributed by atoms with Crippen LogP contribution in [0, 0.1) is 5.82 Å². The first-order valence-electron chi connectivity index (χ1n) is 8.56. The van der Waals surface area contributed by atoms with Crippen LogP contribution in [0.2, 0.25) is 5.02 Å². The van der Waals surface area contributed by atoms with Gasteiger partial charge in [0, 0.05) is 35.5 Å². The van der Waals surface area contributed by atoms with Crippen molar-refractivity contribution < 1.29 is 17.6 Å². The molecule has 1 aromatic heterocycles. The maximum atomic E-state index is 12.9. The van der Waals surface area contributed by atoms with E-state index in [-0.39, 0.29) is 23.8 Å². The van der Waals surface area contributed by atoms with Gasteiger partial charge in [-0.3, -0.25) is 4.79 Å². The summed E-state index contributed by atoms with van der Waals surface area (Å²) in [5, 5.41) is 3.77. The number of nitrogens with one attached hydrogen (secondary N) is 2. The standard InChI is InChI=1S/C19H17ClFN3O3S2/c20-14-3-1-13(2-4-14)11-16-12-22-19(28-16)24-18(25)9-10-23-29(26,27)17-7-5-15(21)6-8-17/h1-8,12,23H,9-11H2,(H,22,24,25). The summed E-state index contributed by atoms with van der Waals surface area (Å²) in [5.74, 6) is -0.888. The number of carbonyl (C=O) groups is 1. The molecule has 0 radical (unpaired) electrons. The van der Waals surface area contributed by atoms with E-state index in [1.165, 1.54) is 11.3 Å². The van der Waals surface area contributed by atoms with Gasteiger partial charge in [0.1, 0.15) is 5.82 Å². The third-order valence-electron chi connectivity index (χ3n) is 3.86. The van der Waals surface area contributed by atoms with Crippen LogP contribution in [0.1, 0.15) is 16.9 Å². The lowest BCUT2D eigenvalue weighted by molar-refractivity contribution is -0.116. The molecule has 0 aliphatic rings. The summed E-state index contributed by atoms with van der Waals surface area (Å²) >= 11 is 7.22. The average Bonchev–Trinajstić information content (AvgIpc) is 3.10. The normalized spacial score (nSPS) is 11.4. The van der Waals surface area contributed by atoms with Crippen molar-refractivity contribution in [2.75, 3.05) is 11.9 Å². The Balaban J connectivity index is 1.48. The van der Waals surface area contributed by atoms with Crippen molar-refractivity contribution in [2.24, 2.45) is 0 Å². The average molecular weight is 454 g/mol. The second-order valence-corrected chi connectivity index (χ2v) is 9.40. The van der Waals surface area contributed by atoms with E-state index in [0.717, 1.165) is 34.7 Å². The zero-order chi connectivity index (χ0) is 20.9. The van der Waals surface area contributed by atoms with Gasteiger partial charge >= 0.3 is 0 Å². The molecular formula is C19H17ClFN3O3S2. The number of rotatable bonds is 8. The largest absolute Gasteiger partial charge is 0.302 e. The highest BCUT2D eigenvalue weighted by atomic mass is 35.5. The zero-order valence-corrected chi connectivity index (χ0v) is 17.5. The Morgan fingerprint density at radius 2 is 1.79 bits per heavy atom. The number of hydrogen-bond acceptors (Lipinski definition) is 5. The smallest absolute Gasteiger partial charge is 0.240 e. The van der Waals surface area contributed by atoms with Crippen molar-refractivity contribution in [2.45, 2.75) is 17.7 Å². The number of nitrogens with zero attached hydrogens (tertiary/aromatic N) is 1. The van der Waals surface area contributed by atoms with E-state index in [0.29, 0.717) is 16.6 Å². The van der Waals surface area contributed by atoms with Crippen LogP contribution in [-0.2, 0) is 21.2 Å². The van der Waals surface area contributed by atoms with Crippen LogP contribution in [0.4, 0.5) is 9.52 Å². The van der Waals surface area contributed by atoms with Crippen molar-refractivity contribution in [3.8, 4) is 0 Å². The molecule has 2 aromatic carbocycles. The molecule has 2 N–H and O–H groups in total. The summed E-state index contributed by atoms with van der Waals surface area (Å²) in [5.41, 5.74) is 1.08. The summed E-state index contributed by atoms with van der Waals surface area (Å²) in [6.07, 6.45) is 2.29. The van der Waals surface area contributed by atoms with E-state index in [4.69, 9.17) is 11.6 Å². The first kappa shape index (κ1) is 21.4. The molecule has 3 aromatic rings. The van der Waals surface area contributed by atoms with Gasteiger partial charge in [0.2, 0.25) is 15.9 Å². The number of thiazole rings is 1. The van der Waals surface area contributed by atoms with Crippen molar-refractivity contribution in [1.82, 2.24) is 9.71 Å². The van der Waals surface area contributed by atoms with Gasteiger partial charge in [-0.2, -0.15) is 0 Å². The minimum Gasteiger partial charge on any atom is -0.302 e. The molecule has 29 heavy (non-hydrogen) atoms. The molecule has 0 aliphatic heterocycles. The van der Waals surface area contributed by atoms with Crippen molar-refractivity contribution in [3.05, 3.63) is 76.0 Å². The molecule has 0 saturated heterocycles. The highest BCUT2D eigenvalue weighted by Gasteiger charge is 2.14. The third-order valence-corrected chi connectivity index (χ3v) is 6.50. The molecule has 0 atom stereocenters. The van der Waals surface area contributed by atoms with Crippen LogP contribution < -0.4 is 10.0 Å². The molecule has 0 unspecified atom stereocenters. The molecule has 3 rings (SSSR count). The maximum Gasteiger partial charge on any atom is 0.240 e. The highest BCUT2D eigenvalue weighted by molar-refractivity contribution is 7.89. The monoisotopic (exact) mass is 453 g/mol. The Kier molecular flexibility index (Phi) is 6.96. The van der Waals surface area contributed by atoms with Gasteiger partial charge in [0.15, 0.2) is 5.13 Å². The second-order valence-electron chi connectivity index (χ2n) is 6.08. The van der Waals surface area contributed by atoms with Gasteiger partial charge in [0.05, 0.1) is 4.90 Å². The number of carbonyl (C=O) groups excluding carboxylic acids is 1. The van der Waals surface area contributed by atoms with E-state index in [1.54, 1.807) is 6.20 Å². The van der Waals surface area contributed by atoms with Gasteiger partial charge in [-0.05, 0) is 42.0 Å². The topological polar surface area (TPSA) is 88.2 Å². The lowest BCUT2D eigenvalue weighted by Gasteiger charge is -2.06. The molecule has 1 amide bonds. The summed E-state index contributed by atoms with van der Waals surface area (Å²) in [6, 6.07) is 11.9. The summed E-state index contributed by atoms with van der Waals surface area (Å²) in [4.78, 5) is 17.1. The van der Waals surface area contributed by atoms with Crippen LogP contribution in [0.3, 0.4) is 0 Å². The fraction of sp³-hybridized carbons (Fsp3) is 0.158. The highest BCUT2D eigenvalue weighted by Crippen LogP contribution is 2.22. The van der Waals surface area contributed by atoms with Crippen LogP contribution in [-0.4, -0.2) is 25.9 Å².